The molecule has 0 radical (unpaired) electrons. The number of halogens is 1. The van der Waals surface area contributed by atoms with Gasteiger partial charge >= 0.3 is 0 Å². The molecule has 0 bridgehead atoms. The zero-order valence-corrected chi connectivity index (χ0v) is 8.88. The van der Waals surface area contributed by atoms with E-state index in [4.69, 9.17) is 5.26 Å². The Bertz CT molecular complexity index is 405. The number of carbonyl (C=O) groups excluding carboxylic acids is 1. The fraction of sp³-hybridized carbons (Fsp3) is 0.273. The molecule has 2 N–H and O–H groups in total. The summed E-state index contributed by atoms with van der Waals surface area (Å²) in [5, 5.41) is 13.3. The van der Waals surface area contributed by atoms with Crippen LogP contribution in [0.4, 0.5) is 10.1 Å². The van der Waals surface area contributed by atoms with Gasteiger partial charge in [0.25, 0.3) is 0 Å². The molecule has 0 atom stereocenters. The predicted octanol–water partition coefficient (Wildman–Crippen LogP) is 1.19. The van der Waals surface area contributed by atoms with Crippen molar-refractivity contribution >= 4 is 11.6 Å². The average molecular weight is 221 g/mol. The van der Waals surface area contributed by atoms with Gasteiger partial charge in [0, 0.05) is 0 Å². The molecule has 0 heterocycles. The van der Waals surface area contributed by atoms with E-state index in [9.17, 15) is 9.18 Å². The molecule has 1 amide bonds. The largest absolute Gasteiger partial charge is 0.374 e. The van der Waals surface area contributed by atoms with Gasteiger partial charge in [0.1, 0.15) is 12.4 Å². The fourth-order valence-electron chi connectivity index (χ4n) is 1.23. The van der Waals surface area contributed by atoms with Crippen molar-refractivity contribution in [3.05, 3.63) is 29.6 Å². The fourth-order valence-corrected chi connectivity index (χ4v) is 1.23. The average Bonchev–Trinajstić information content (AvgIpc) is 2.25. The Kier molecular flexibility index (Phi) is 4.28. The van der Waals surface area contributed by atoms with Crippen LogP contribution in [0.2, 0.25) is 0 Å². The first kappa shape index (κ1) is 12.0. The molecule has 1 rings (SSSR count). The number of aryl methyl sites for hydroxylation is 1. The van der Waals surface area contributed by atoms with E-state index in [1.165, 1.54) is 6.07 Å². The van der Waals surface area contributed by atoms with Crippen LogP contribution in [0.3, 0.4) is 0 Å². The molecule has 84 valence electrons. The summed E-state index contributed by atoms with van der Waals surface area (Å²) in [5.74, 6) is -0.739. The van der Waals surface area contributed by atoms with Crippen LogP contribution < -0.4 is 10.6 Å². The molecule has 0 aliphatic heterocycles. The van der Waals surface area contributed by atoms with E-state index in [1.54, 1.807) is 25.1 Å². The second kappa shape index (κ2) is 5.71. The van der Waals surface area contributed by atoms with Gasteiger partial charge in [-0.05, 0) is 18.6 Å². The predicted molar refractivity (Wildman–Crippen MR) is 58.2 cm³/mol. The zero-order chi connectivity index (χ0) is 12.0. The van der Waals surface area contributed by atoms with E-state index in [2.05, 4.69) is 10.6 Å². The SMILES string of the molecule is Cc1cccc(F)c1NCC(=O)NCC#N. The smallest absolute Gasteiger partial charge is 0.240 e. The van der Waals surface area contributed by atoms with Crippen LogP contribution in [-0.2, 0) is 4.79 Å². The second-order valence-electron chi connectivity index (χ2n) is 3.22. The second-order valence-corrected chi connectivity index (χ2v) is 3.22. The first-order valence-corrected chi connectivity index (χ1v) is 4.77. The number of benzene rings is 1. The van der Waals surface area contributed by atoms with Crippen LogP contribution in [0, 0.1) is 24.1 Å². The summed E-state index contributed by atoms with van der Waals surface area (Å²) >= 11 is 0. The number of nitriles is 1. The summed E-state index contributed by atoms with van der Waals surface area (Å²) in [5.41, 5.74) is 1.04. The maximum absolute atomic E-state index is 13.3. The number of rotatable bonds is 4. The quantitative estimate of drug-likeness (QED) is 0.750. The highest BCUT2D eigenvalue weighted by molar-refractivity contribution is 5.81. The molecule has 0 aromatic heterocycles. The van der Waals surface area contributed by atoms with Crippen LogP contribution in [0.5, 0.6) is 0 Å². The van der Waals surface area contributed by atoms with E-state index < -0.39 is 5.82 Å². The molecule has 0 saturated heterocycles. The summed E-state index contributed by atoms with van der Waals surface area (Å²) in [7, 11) is 0. The molecule has 4 nitrogen and oxygen atoms in total. The van der Waals surface area contributed by atoms with Gasteiger partial charge in [0.15, 0.2) is 0 Å². The van der Waals surface area contributed by atoms with Gasteiger partial charge in [0.2, 0.25) is 5.91 Å². The number of hydrogen-bond acceptors (Lipinski definition) is 3. The molecule has 0 fully saturated rings. The van der Waals surface area contributed by atoms with Gasteiger partial charge in [-0.1, -0.05) is 12.1 Å². The third kappa shape index (κ3) is 3.24. The van der Waals surface area contributed by atoms with Gasteiger partial charge in [0.05, 0.1) is 18.3 Å². The molecule has 16 heavy (non-hydrogen) atoms. The van der Waals surface area contributed by atoms with Crippen molar-refractivity contribution in [3.63, 3.8) is 0 Å². The normalized spacial score (nSPS) is 9.31. The molecule has 1 aromatic rings. The lowest BCUT2D eigenvalue weighted by Gasteiger charge is -2.09. The van der Waals surface area contributed by atoms with Crippen molar-refractivity contribution < 1.29 is 9.18 Å². The highest BCUT2D eigenvalue weighted by Crippen LogP contribution is 2.17. The molecular weight excluding hydrogens is 209 g/mol. The Morgan fingerprint density at radius 1 is 1.56 bits per heavy atom. The third-order valence-corrected chi connectivity index (χ3v) is 2.01. The lowest BCUT2D eigenvalue weighted by atomic mass is 10.2. The minimum absolute atomic E-state index is 0.0449. The maximum Gasteiger partial charge on any atom is 0.240 e. The first-order valence-electron chi connectivity index (χ1n) is 4.77. The summed E-state index contributed by atoms with van der Waals surface area (Å²) in [6, 6.07) is 6.46. The van der Waals surface area contributed by atoms with E-state index >= 15 is 0 Å². The lowest BCUT2D eigenvalue weighted by molar-refractivity contribution is -0.119. The minimum atomic E-state index is -0.395. The summed E-state index contributed by atoms with van der Waals surface area (Å²) in [4.78, 5) is 11.2. The van der Waals surface area contributed by atoms with E-state index in [0.717, 1.165) is 5.56 Å². The van der Waals surface area contributed by atoms with Crippen LogP contribution in [0.15, 0.2) is 18.2 Å². The van der Waals surface area contributed by atoms with Crippen molar-refractivity contribution in [1.82, 2.24) is 5.32 Å². The van der Waals surface area contributed by atoms with Crippen LogP contribution in [0.25, 0.3) is 0 Å². The lowest BCUT2D eigenvalue weighted by Crippen LogP contribution is -2.30. The van der Waals surface area contributed by atoms with E-state index in [-0.39, 0.29) is 19.0 Å². The minimum Gasteiger partial charge on any atom is -0.374 e. The molecule has 0 unspecified atom stereocenters. The number of anilines is 1. The number of para-hydroxylation sites is 1. The van der Waals surface area contributed by atoms with E-state index in [0.29, 0.717) is 5.69 Å². The number of amides is 1. The topological polar surface area (TPSA) is 64.9 Å². The molecule has 0 aliphatic carbocycles. The number of hydrogen-bond donors (Lipinski definition) is 2. The van der Waals surface area contributed by atoms with Gasteiger partial charge in [-0.2, -0.15) is 5.26 Å². The number of carbonyl (C=O) groups is 1. The molecule has 1 aromatic carbocycles. The van der Waals surface area contributed by atoms with Crippen molar-refractivity contribution in [2.45, 2.75) is 6.92 Å². The Hall–Kier alpha value is -2.09. The van der Waals surface area contributed by atoms with Crippen LogP contribution >= 0.6 is 0 Å². The standard InChI is InChI=1S/C11H12FN3O/c1-8-3-2-4-9(12)11(8)15-7-10(16)14-6-5-13/h2-4,15H,6-7H2,1H3,(H,14,16). The zero-order valence-electron chi connectivity index (χ0n) is 8.88. The Morgan fingerprint density at radius 3 is 2.94 bits per heavy atom. The molecule has 0 aliphatic rings. The summed E-state index contributed by atoms with van der Waals surface area (Å²) < 4.78 is 13.3. The van der Waals surface area contributed by atoms with Crippen molar-refractivity contribution in [3.8, 4) is 6.07 Å². The van der Waals surface area contributed by atoms with Gasteiger partial charge < -0.3 is 10.6 Å². The molecular formula is C11H12FN3O. The number of nitrogens with zero attached hydrogens (tertiary/aromatic N) is 1. The van der Waals surface area contributed by atoms with Crippen molar-refractivity contribution in [2.75, 3.05) is 18.4 Å². The monoisotopic (exact) mass is 221 g/mol. The molecule has 0 saturated carbocycles. The van der Waals surface area contributed by atoms with Crippen LogP contribution in [0.1, 0.15) is 5.56 Å². The molecule has 0 spiro atoms. The van der Waals surface area contributed by atoms with Gasteiger partial charge in [-0.15, -0.1) is 0 Å². The van der Waals surface area contributed by atoms with Gasteiger partial charge in [-0.3, -0.25) is 4.79 Å². The third-order valence-electron chi connectivity index (χ3n) is 2.01. The van der Waals surface area contributed by atoms with Crippen molar-refractivity contribution in [1.29, 1.82) is 5.26 Å². The Labute approximate surface area is 93.1 Å². The van der Waals surface area contributed by atoms with Crippen LogP contribution in [-0.4, -0.2) is 19.0 Å². The summed E-state index contributed by atoms with van der Waals surface area (Å²) in [6.45, 7) is 1.65. The Morgan fingerprint density at radius 2 is 2.31 bits per heavy atom. The Balaban J connectivity index is 2.55. The summed E-state index contributed by atoms with van der Waals surface area (Å²) in [6.07, 6.45) is 0. The highest BCUT2D eigenvalue weighted by atomic mass is 19.1. The molecule has 5 heteroatoms. The number of nitrogens with one attached hydrogen (secondary N) is 2. The van der Waals surface area contributed by atoms with Crippen molar-refractivity contribution in [2.24, 2.45) is 0 Å². The first-order chi connectivity index (χ1) is 7.65. The maximum atomic E-state index is 13.3. The van der Waals surface area contributed by atoms with E-state index in [1.807, 2.05) is 0 Å². The van der Waals surface area contributed by atoms with Gasteiger partial charge in [-0.25, -0.2) is 4.39 Å². The highest BCUT2D eigenvalue weighted by Gasteiger charge is 2.06.